The first-order chi connectivity index (χ1) is 11.1. The summed E-state index contributed by atoms with van der Waals surface area (Å²) < 4.78 is 0. The number of fused-ring (bicyclic) bond motifs is 1. The Morgan fingerprint density at radius 3 is 2.83 bits per heavy atom. The van der Waals surface area contributed by atoms with Gasteiger partial charge in [0.2, 0.25) is 0 Å². The lowest BCUT2D eigenvalue weighted by Crippen LogP contribution is -2.39. The molecule has 1 aliphatic rings. The highest BCUT2D eigenvalue weighted by molar-refractivity contribution is 6.31. The van der Waals surface area contributed by atoms with Gasteiger partial charge in [0, 0.05) is 48.0 Å². The number of halogens is 1. The van der Waals surface area contributed by atoms with Crippen LogP contribution in [0, 0.1) is 5.92 Å². The Kier molecular flexibility index (Phi) is 5.05. The number of aliphatic hydroxyl groups is 1. The molecule has 124 valence electrons. The normalized spacial score (nSPS) is 22.6. The number of rotatable bonds is 3. The van der Waals surface area contributed by atoms with E-state index in [1.165, 1.54) is 5.69 Å². The van der Waals surface area contributed by atoms with E-state index in [4.69, 9.17) is 11.6 Å². The fraction of sp³-hybridized carbons (Fsp3) is 0.500. The smallest absolute Gasteiger partial charge is 0.0737 e. The Hall–Kier alpha value is -1.36. The molecule has 0 radical (unpaired) electrons. The number of aromatic nitrogens is 1. The molecule has 0 aliphatic carbocycles. The number of aliphatic hydroxyl groups excluding tert-OH is 1. The van der Waals surface area contributed by atoms with Crippen LogP contribution in [0.2, 0.25) is 5.02 Å². The Morgan fingerprint density at radius 2 is 2.09 bits per heavy atom. The third-order valence-corrected chi connectivity index (χ3v) is 5.06. The maximum atomic E-state index is 9.69. The maximum Gasteiger partial charge on any atom is 0.0737 e. The van der Waals surface area contributed by atoms with E-state index in [0.717, 1.165) is 36.8 Å². The first-order valence-electron chi connectivity index (χ1n) is 8.15. The van der Waals surface area contributed by atoms with Gasteiger partial charge in [0.25, 0.3) is 0 Å². The van der Waals surface area contributed by atoms with Crippen molar-refractivity contribution < 1.29 is 5.11 Å². The molecule has 4 nitrogen and oxygen atoms in total. The van der Waals surface area contributed by atoms with Crippen molar-refractivity contribution in [2.45, 2.75) is 18.9 Å². The number of nitrogens with zero attached hydrogens (tertiary/aromatic N) is 3. The van der Waals surface area contributed by atoms with Gasteiger partial charge in [-0.2, -0.15) is 0 Å². The highest BCUT2D eigenvalue weighted by atomic mass is 35.5. The van der Waals surface area contributed by atoms with Crippen molar-refractivity contribution >= 4 is 28.2 Å². The number of hydrogen-bond acceptors (Lipinski definition) is 4. The quantitative estimate of drug-likeness (QED) is 0.937. The monoisotopic (exact) mass is 333 g/mol. The minimum Gasteiger partial charge on any atom is -0.396 e. The van der Waals surface area contributed by atoms with Crippen LogP contribution >= 0.6 is 11.6 Å². The molecule has 2 aromatic rings. The lowest BCUT2D eigenvalue weighted by atomic mass is 10.0. The molecule has 0 saturated carbocycles. The first-order valence-corrected chi connectivity index (χ1v) is 8.52. The van der Waals surface area contributed by atoms with Gasteiger partial charge in [-0.25, -0.2) is 0 Å². The molecular formula is C18H24ClN3O. The topological polar surface area (TPSA) is 39.6 Å². The third kappa shape index (κ3) is 3.60. The second kappa shape index (κ2) is 7.04. The summed E-state index contributed by atoms with van der Waals surface area (Å²) in [6, 6.07) is 8.43. The largest absolute Gasteiger partial charge is 0.396 e. The summed E-state index contributed by atoms with van der Waals surface area (Å²) in [5.41, 5.74) is 2.10. The van der Waals surface area contributed by atoms with Crippen LogP contribution in [0.5, 0.6) is 0 Å². The molecule has 0 bridgehead atoms. The molecule has 2 heterocycles. The molecule has 0 spiro atoms. The van der Waals surface area contributed by atoms with Crippen LogP contribution in [0.25, 0.3) is 10.9 Å². The third-order valence-electron chi connectivity index (χ3n) is 4.83. The van der Waals surface area contributed by atoms with Gasteiger partial charge < -0.3 is 14.9 Å². The number of benzene rings is 1. The Morgan fingerprint density at radius 1 is 1.26 bits per heavy atom. The van der Waals surface area contributed by atoms with Gasteiger partial charge >= 0.3 is 0 Å². The molecule has 0 unspecified atom stereocenters. The van der Waals surface area contributed by atoms with Crippen molar-refractivity contribution in [3.8, 4) is 0 Å². The zero-order valence-electron chi connectivity index (χ0n) is 13.7. The fourth-order valence-corrected chi connectivity index (χ4v) is 3.57. The van der Waals surface area contributed by atoms with E-state index in [-0.39, 0.29) is 6.61 Å². The van der Waals surface area contributed by atoms with Gasteiger partial charge in [0.1, 0.15) is 0 Å². The van der Waals surface area contributed by atoms with Crippen molar-refractivity contribution in [1.29, 1.82) is 0 Å². The van der Waals surface area contributed by atoms with Crippen LogP contribution in [-0.4, -0.2) is 54.8 Å². The molecule has 3 rings (SSSR count). The minimum absolute atomic E-state index is 0.242. The summed E-state index contributed by atoms with van der Waals surface area (Å²) in [6.07, 6.45) is 4.02. The molecule has 0 amide bonds. The number of hydrogen-bond donors (Lipinski definition) is 1. The fourth-order valence-electron chi connectivity index (χ4n) is 3.40. The van der Waals surface area contributed by atoms with Gasteiger partial charge in [-0.1, -0.05) is 11.6 Å². The molecule has 1 aromatic heterocycles. The highest BCUT2D eigenvalue weighted by Crippen LogP contribution is 2.30. The lowest BCUT2D eigenvalue weighted by Gasteiger charge is -2.31. The van der Waals surface area contributed by atoms with Gasteiger partial charge in [-0.15, -0.1) is 0 Å². The van der Waals surface area contributed by atoms with Crippen LogP contribution in [0.15, 0.2) is 30.5 Å². The number of likely N-dealkylation sites (N-methyl/N-ethyl adjacent to an activating group) is 1. The maximum absolute atomic E-state index is 9.69. The summed E-state index contributed by atoms with van der Waals surface area (Å²) in [7, 11) is 4.26. The second-order valence-corrected chi connectivity index (χ2v) is 7.08. The Labute approximate surface area is 142 Å². The van der Waals surface area contributed by atoms with Crippen LogP contribution in [-0.2, 0) is 0 Å². The van der Waals surface area contributed by atoms with Gasteiger partial charge in [-0.3, -0.25) is 4.98 Å². The second-order valence-electron chi connectivity index (χ2n) is 6.64. The molecule has 1 N–H and O–H groups in total. The Balaban J connectivity index is 2.00. The number of pyridine rings is 1. The SMILES string of the molecule is CN(C)[C@@H]1CC[C@H](CO)CN(c2ccnc3cc(Cl)ccc23)C1. The van der Waals surface area contributed by atoms with Gasteiger partial charge in [0.15, 0.2) is 0 Å². The van der Waals surface area contributed by atoms with Crippen LogP contribution < -0.4 is 4.90 Å². The average Bonchev–Trinajstić information content (AvgIpc) is 2.76. The van der Waals surface area contributed by atoms with E-state index < -0.39 is 0 Å². The van der Waals surface area contributed by atoms with Crippen LogP contribution in [0.4, 0.5) is 5.69 Å². The van der Waals surface area contributed by atoms with Crippen molar-refractivity contribution in [1.82, 2.24) is 9.88 Å². The molecule has 1 aromatic carbocycles. The van der Waals surface area contributed by atoms with E-state index in [9.17, 15) is 5.11 Å². The van der Waals surface area contributed by atoms with E-state index in [1.807, 2.05) is 24.4 Å². The molecule has 1 fully saturated rings. The number of anilines is 1. The van der Waals surface area contributed by atoms with Gasteiger partial charge in [-0.05, 0) is 57.1 Å². The predicted molar refractivity (Wildman–Crippen MR) is 96.3 cm³/mol. The Bertz CT molecular complexity index is 676. The molecular weight excluding hydrogens is 310 g/mol. The molecule has 23 heavy (non-hydrogen) atoms. The molecule has 5 heteroatoms. The summed E-state index contributed by atoms with van der Waals surface area (Å²) in [5, 5.41) is 11.5. The minimum atomic E-state index is 0.242. The van der Waals surface area contributed by atoms with E-state index >= 15 is 0 Å². The van der Waals surface area contributed by atoms with Crippen molar-refractivity contribution in [2.24, 2.45) is 5.92 Å². The standard InChI is InChI=1S/C18H24ClN3O/c1-21(2)15-5-3-13(12-23)10-22(11-15)18-7-8-20-17-9-14(19)4-6-16(17)18/h4,6-9,13,15,23H,3,5,10-12H2,1-2H3/t13-,15+/m0/s1. The summed E-state index contributed by atoms with van der Waals surface area (Å²) in [5.74, 6) is 0.315. The molecule has 1 aliphatic heterocycles. The lowest BCUT2D eigenvalue weighted by molar-refractivity contribution is 0.216. The zero-order chi connectivity index (χ0) is 16.4. The molecule has 2 atom stereocenters. The van der Waals surface area contributed by atoms with E-state index in [2.05, 4.69) is 34.9 Å². The van der Waals surface area contributed by atoms with Crippen molar-refractivity contribution in [2.75, 3.05) is 38.7 Å². The highest BCUT2D eigenvalue weighted by Gasteiger charge is 2.26. The van der Waals surface area contributed by atoms with E-state index in [1.54, 1.807) is 0 Å². The van der Waals surface area contributed by atoms with Crippen LogP contribution in [0.3, 0.4) is 0 Å². The van der Waals surface area contributed by atoms with E-state index in [0.29, 0.717) is 17.0 Å². The van der Waals surface area contributed by atoms with Crippen molar-refractivity contribution in [3.05, 3.63) is 35.5 Å². The van der Waals surface area contributed by atoms with Gasteiger partial charge in [0.05, 0.1) is 5.52 Å². The summed E-state index contributed by atoms with van der Waals surface area (Å²) >= 11 is 6.10. The average molecular weight is 334 g/mol. The summed E-state index contributed by atoms with van der Waals surface area (Å²) in [6.45, 7) is 2.08. The van der Waals surface area contributed by atoms with Crippen LogP contribution in [0.1, 0.15) is 12.8 Å². The van der Waals surface area contributed by atoms with Crippen molar-refractivity contribution in [3.63, 3.8) is 0 Å². The molecule has 1 saturated heterocycles. The predicted octanol–water partition coefficient (Wildman–Crippen LogP) is 3.03. The summed E-state index contributed by atoms with van der Waals surface area (Å²) in [4.78, 5) is 9.13. The zero-order valence-corrected chi connectivity index (χ0v) is 14.5. The first kappa shape index (κ1) is 16.5.